The van der Waals surface area contributed by atoms with Crippen molar-refractivity contribution in [2.75, 3.05) is 5.73 Å². The smallest absolute Gasteiger partial charge is 0.250 e. The number of nitrogens with two attached hydrogens (primary N) is 1. The van der Waals surface area contributed by atoms with Gasteiger partial charge in [0.25, 0.3) is 5.56 Å². The molecule has 1 aromatic rings. The van der Waals surface area contributed by atoms with Crippen molar-refractivity contribution in [3.8, 4) is 0 Å². The first-order valence-corrected chi connectivity index (χ1v) is 4.33. The van der Waals surface area contributed by atoms with Crippen LogP contribution >= 0.6 is 0 Å². The van der Waals surface area contributed by atoms with E-state index in [9.17, 15) is 13.6 Å². The van der Waals surface area contributed by atoms with Gasteiger partial charge in [0.15, 0.2) is 0 Å². The van der Waals surface area contributed by atoms with Crippen molar-refractivity contribution in [1.29, 1.82) is 0 Å². The molecule has 0 saturated carbocycles. The number of nitrogens with zero attached hydrogens (tertiary/aromatic N) is 1. The molecule has 0 amide bonds. The molecule has 2 N–H and O–H groups in total. The normalized spacial score (nSPS) is 10.8. The van der Waals surface area contributed by atoms with Crippen LogP contribution < -0.4 is 11.3 Å². The Balaban J connectivity index is 2.58. The molecule has 5 heteroatoms. The molecule has 78 valence electrons. The van der Waals surface area contributed by atoms with Gasteiger partial charge in [0, 0.05) is 30.9 Å². The average Bonchev–Trinajstić information content (AvgIpc) is 2.10. The second-order valence-corrected chi connectivity index (χ2v) is 3.03. The van der Waals surface area contributed by atoms with Crippen molar-refractivity contribution in [3.05, 3.63) is 28.7 Å². The highest BCUT2D eigenvalue weighted by molar-refractivity contribution is 5.33. The number of pyridine rings is 1. The fourth-order valence-corrected chi connectivity index (χ4v) is 1.14. The molecule has 0 atom stereocenters. The molecule has 0 radical (unpaired) electrons. The first-order chi connectivity index (χ1) is 6.59. The lowest BCUT2D eigenvalue weighted by atomic mass is 10.3. The van der Waals surface area contributed by atoms with E-state index < -0.39 is 6.43 Å². The summed E-state index contributed by atoms with van der Waals surface area (Å²) in [5, 5.41) is 0. The van der Waals surface area contributed by atoms with Crippen LogP contribution in [0.5, 0.6) is 0 Å². The molecule has 14 heavy (non-hydrogen) atoms. The van der Waals surface area contributed by atoms with E-state index in [4.69, 9.17) is 5.73 Å². The van der Waals surface area contributed by atoms with Gasteiger partial charge in [0.2, 0.25) is 6.43 Å². The van der Waals surface area contributed by atoms with E-state index >= 15 is 0 Å². The van der Waals surface area contributed by atoms with Gasteiger partial charge in [-0.05, 0) is 12.5 Å². The van der Waals surface area contributed by atoms with Crippen molar-refractivity contribution >= 4 is 5.69 Å². The van der Waals surface area contributed by atoms with Crippen LogP contribution in [0.15, 0.2) is 23.1 Å². The predicted molar refractivity (Wildman–Crippen MR) is 50.4 cm³/mol. The quantitative estimate of drug-likeness (QED) is 0.803. The number of hydrogen-bond acceptors (Lipinski definition) is 2. The Hall–Kier alpha value is -1.39. The topological polar surface area (TPSA) is 48.0 Å². The standard InChI is InChI=1S/C9H12F2N2O/c10-8(11)2-1-5-13-6-7(12)3-4-9(13)14/h3-4,6,8H,1-2,5,12H2. The van der Waals surface area contributed by atoms with E-state index in [0.29, 0.717) is 5.69 Å². The molecular weight excluding hydrogens is 190 g/mol. The number of nitrogen functional groups attached to an aromatic ring is 1. The van der Waals surface area contributed by atoms with Crippen LogP contribution in [-0.4, -0.2) is 11.0 Å². The minimum absolute atomic E-state index is 0.193. The third-order valence-corrected chi connectivity index (χ3v) is 1.83. The molecule has 0 fully saturated rings. The van der Waals surface area contributed by atoms with E-state index in [1.807, 2.05) is 0 Å². The van der Waals surface area contributed by atoms with Crippen molar-refractivity contribution in [3.63, 3.8) is 0 Å². The highest BCUT2D eigenvalue weighted by Gasteiger charge is 2.02. The summed E-state index contributed by atoms with van der Waals surface area (Å²) in [6.45, 7) is 0.286. The van der Waals surface area contributed by atoms with Crippen LogP contribution in [0.3, 0.4) is 0 Å². The first kappa shape index (κ1) is 10.7. The van der Waals surface area contributed by atoms with Crippen LogP contribution in [0.2, 0.25) is 0 Å². The maximum absolute atomic E-state index is 11.8. The fourth-order valence-electron chi connectivity index (χ4n) is 1.14. The van der Waals surface area contributed by atoms with Gasteiger partial charge in [-0.25, -0.2) is 8.78 Å². The van der Waals surface area contributed by atoms with E-state index in [-0.39, 0.29) is 24.9 Å². The molecule has 0 saturated heterocycles. The molecule has 3 nitrogen and oxygen atoms in total. The molecule has 1 rings (SSSR count). The summed E-state index contributed by atoms with van der Waals surface area (Å²) in [6.07, 6.45) is -0.762. The van der Waals surface area contributed by atoms with E-state index in [1.165, 1.54) is 22.9 Å². The number of aromatic nitrogens is 1. The number of rotatable bonds is 4. The van der Waals surface area contributed by atoms with Crippen LogP contribution in [0, 0.1) is 0 Å². The zero-order valence-corrected chi connectivity index (χ0v) is 7.62. The minimum atomic E-state index is -2.31. The van der Waals surface area contributed by atoms with E-state index in [1.54, 1.807) is 0 Å². The Morgan fingerprint density at radius 1 is 1.43 bits per heavy atom. The van der Waals surface area contributed by atoms with Gasteiger partial charge in [0.05, 0.1) is 0 Å². The second kappa shape index (κ2) is 4.74. The maximum atomic E-state index is 11.8. The van der Waals surface area contributed by atoms with Gasteiger partial charge >= 0.3 is 0 Å². The van der Waals surface area contributed by atoms with Crippen molar-refractivity contribution in [2.45, 2.75) is 25.8 Å². The molecular formula is C9H12F2N2O. The largest absolute Gasteiger partial charge is 0.398 e. The summed E-state index contributed by atoms with van der Waals surface area (Å²) in [4.78, 5) is 11.2. The SMILES string of the molecule is Nc1ccc(=O)n(CCCC(F)F)c1. The minimum Gasteiger partial charge on any atom is -0.398 e. The molecule has 0 bridgehead atoms. The number of hydrogen-bond donors (Lipinski definition) is 1. The van der Waals surface area contributed by atoms with Crippen LogP contribution in [0.4, 0.5) is 14.5 Å². The van der Waals surface area contributed by atoms with Crippen molar-refractivity contribution < 1.29 is 8.78 Å². The van der Waals surface area contributed by atoms with Crippen LogP contribution in [0.25, 0.3) is 0 Å². The average molecular weight is 202 g/mol. The number of anilines is 1. The van der Waals surface area contributed by atoms with Gasteiger partial charge in [-0.15, -0.1) is 0 Å². The fraction of sp³-hybridized carbons (Fsp3) is 0.444. The molecule has 0 aliphatic rings. The monoisotopic (exact) mass is 202 g/mol. The Morgan fingerprint density at radius 2 is 2.14 bits per heavy atom. The molecule has 0 aliphatic carbocycles. The third-order valence-electron chi connectivity index (χ3n) is 1.83. The lowest BCUT2D eigenvalue weighted by Crippen LogP contribution is -2.19. The number of alkyl halides is 2. The molecule has 1 heterocycles. The zero-order valence-electron chi connectivity index (χ0n) is 7.62. The predicted octanol–water partition coefficient (Wildman–Crippen LogP) is 1.48. The van der Waals surface area contributed by atoms with Crippen molar-refractivity contribution in [1.82, 2.24) is 4.57 Å². The summed E-state index contributed by atoms with van der Waals surface area (Å²) < 4.78 is 25.0. The molecule has 0 spiro atoms. The lowest BCUT2D eigenvalue weighted by Gasteiger charge is -2.05. The third kappa shape index (κ3) is 3.16. The number of aryl methyl sites for hydroxylation is 1. The molecule has 0 aromatic carbocycles. The highest BCUT2D eigenvalue weighted by atomic mass is 19.3. The molecule has 0 aliphatic heterocycles. The Labute approximate surface area is 80.2 Å². The van der Waals surface area contributed by atoms with Crippen LogP contribution in [0.1, 0.15) is 12.8 Å². The first-order valence-electron chi connectivity index (χ1n) is 4.33. The maximum Gasteiger partial charge on any atom is 0.250 e. The van der Waals surface area contributed by atoms with E-state index in [0.717, 1.165) is 0 Å². The van der Waals surface area contributed by atoms with Gasteiger partial charge in [0.1, 0.15) is 0 Å². The van der Waals surface area contributed by atoms with Gasteiger partial charge < -0.3 is 10.3 Å². The molecule has 1 aromatic heterocycles. The summed E-state index contributed by atoms with van der Waals surface area (Å²) in [5.41, 5.74) is 5.70. The second-order valence-electron chi connectivity index (χ2n) is 3.03. The van der Waals surface area contributed by atoms with Gasteiger partial charge in [-0.3, -0.25) is 4.79 Å². The number of halogens is 2. The summed E-state index contributed by atoms with van der Waals surface area (Å²) in [7, 11) is 0. The van der Waals surface area contributed by atoms with Crippen LogP contribution in [-0.2, 0) is 6.54 Å². The van der Waals surface area contributed by atoms with Crippen molar-refractivity contribution in [2.24, 2.45) is 0 Å². The Bertz CT molecular complexity index is 349. The summed E-state index contributed by atoms with van der Waals surface area (Å²) in [6, 6.07) is 2.82. The van der Waals surface area contributed by atoms with E-state index in [2.05, 4.69) is 0 Å². The Kier molecular flexibility index (Phi) is 3.62. The van der Waals surface area contributed by atoms with Gasteiger partial charge in [-0.1, -0.05) is 0 Å². The zero-order chi connectivity index (χ0) is 10.6. The van der Waals surface area contributed by atoms with Gasteiger partial charge in [-0.2, -0.15) is 0 Å². The lowest BCUT2D eigenvalue weighted by molar-refractivity contribution is 0.133. The Morgan fingerprint density at radius 3 is 2.79 bits per heavy atom. The molecule has 0 unspecified atom stereocenters. The highest BCUT2D eigenvalue weighted by Crippen LogP contribution is 2.04. The summed E-state index contributed by atoms with van der Waals surface area (Å²) >= 11 is 0. The summed E-state index contributed by atoms with van der Waals surface area (Å²) in [5.74, 6) is 0.